The van der Waals surface area contributed by atoms with Gasteiger partial charge in [-0.15, -0.1) is 70.6 Å². The van der Waals surface area contributed by atoms with Gasteiger partial charge in [0.1, 0.15) is 11.0 Å². The Bertz CT molecular complexity index is 1470. The first-order chi connectivity index (χ1) is 22.4. The zero-order valence-corrected chi connectivity index (χ0v) is 33.5. The van der Waals surface area contributed by atoms with Crippen LogP contribution in [0.5, 0.6) is 23.0 Å². The van der Waals surface area contributed by atoms with E-state index >= 15 is 0 Å². The number of aliphatic hydroxyl groups is 1. The standard InChI is InChI=1S/C33H40O9S6/c1-11-37-15(34)13-43-26-22-20(39-30(3,4)41-22)17(21-23(26)42-31(5,6)40-21)19(36)18-24-28(47-32(7,8)45-24)27(44-14-16(35)38-12-2)29-25(18)46-33(9,10)48-29/h19,36H,11-14H2,1-10H3. The molecular formula is C33H40O9S6. The van der Waals surface area contributed by atoms with Crippen molar-refractivity contribution in [3.8, 4) is 23.0 Å². The van der Waals surface area contributed by atoms with Crippen LogP contribution >= 0.6 is 70.6 Å². The molecule has 4 heterocycles. The first kappa shape index (κ1) is 36.4. The number of hydrogen-bond donors (Lipinski definition) is 1. The van der Waals surface area contributed by atoms with Crippen molar-refractivity contribution in [2.75, 3.05) is 24.7 Å². The molecule has 4 aliphatic heterocycles. The second-order valence-electron chi connectivity index (χ2n) is 13.1. The number of carbonyl (C=O) groups is 2. The van der Waals surface area contributed by atoms with Crippen molar-refractivity contribution in [3.63, 3.8) is 0 Å². The quantitative estimate of drug-likeness (QED) is 0.183. The SMILES string of the molecule is CCOC(=O)CSc1c2c(c(C(O)c3c4c(c(SCC(=O)OCC)c5c3SC(C)(C)S5)SC(C)(C)S4)c3c1OC(C)(C)O3)OC(C)(C)O2. The van der Waals surface area contributed by atoms with Crippen molar-refractivity contribution >= 4 is 82.5 Å². The average molecular weight is 773 g/mol. The van der Waals surface area contributed by atoms with Gasteiger partial charge in [0.25, 0.3) is 0 Å². The fourth-order valence-electron chi connectivity index (χ4n) is 5.71. The van der Waals surface area contributed by atoms with E-state index in [0.717, 1.165) is 30.0 Å². The highest BCUT2D eigenvalue weighted by atomic mass is 32.2. The lowest BCUT2D eigenvalue weighted by Gasteiger charge is -2.24. The lowest BCUT2D eigenvalue weighted by molar-refractivity contribution is -0.140. The molecule has 0 amide bonds. The zero-order chi connectivity index (χ0) is 35.0. The Hall–Kier alpha value is -1.36. The van der Waals surface area contributed by atoms with Crippen LogP contribution in [0.25, 0.3) is 0 Å². The third-order valence-corrected chi connectivity index (χ3v) is 15.3. The molecular weight excluding hydrogens is 733 g/mol. The third kappa shape index (κ3) is 6.94. The van der Waals surface area contributed by atoms with Gasteiger partial charge in [0.05, 0.1) is 38.4 Å². The molecule has 0 saturated carbocycles. The molecule has 1 atom stereocenters. The lowest BCUT2D eigenvalue weighted by atomic mass is 9.98. The fourth-order valence-corrected chi connectivity index (χ4v) is 13.9. The summed E-state index contributed by atoms with van der Waals surface area (Å²) < 4.78 is 35.7. The second-order valence-corrected chi connectivity index (χ2v) is 22.1. The summed E-state index contributed by atoms with van der Waals surface area (Å²) in [5.41, 5.74) is 1.18. The predicted molar refractivity (Wildman–Crippen MR) is 194 cm³/mol. The minimum Gasteiger partial charge on any atom is -0.465 e. The smallest absolute Gasteiger partial charge is 0.316 e. The maximum atomic E-state index is 12.8. The van der Waals surface area contributed by atoms with Crippen LogP contribution < -0.4 is 18.9 Å². The van der Waals surface area contributed by atoms with Gasteiger partial charge in [-0.2, -0.15) is 0 Å². The van der Waals surface area contributed by atoms with Crippen molar-refractivity contribution in [2.24, 2.45) is 0 Å². The van der Waals surface area contributed by atoms with Crippen LogP contribution in [0.3, 0.4) is 0 Å². The van der Waals surface area contributed by atoms with Crippen LogP contribution in [-0.2, 0) is 19.1 Å². The number of rotatable bonds is 10. The number of benzene rings is 2. The second kappa shape index (κ2) is 13.0. The van der Waals surface area contributed by atoms with Gasteiger partial charge in [-0.1, -0.05) is 0 Å². The maximum absolute atomic E-state index is 12.8. The number of hydrogen-bond acceptors (Lipinski definition) is 15. The number of aliphatic hydroxyl groups excluding tert-OH is 1. The van der Waals surface area contributed by atoms with Gasteiger partial charge in [-0.05, 0) is 41.5 Å². The molecule has 15 heteroatoms. The van der Waals surface area contributed by atoms with Crippen LogP contribution in [0.1, 0.15) is 86.5 Å². The zero-order valence-electron chi connectivity index (χ0n) is 28.6. The van der Waals surface area contributed by atoms with E-state index in [0.29, 0.717) is 40.1 Å². The van der Waals surface area contributed by atoms with E-state index in [1.165, 1.54) is 23.5 Å². The summed E-state index contributed by atoms with van der Waals surface area (Å²) >= 11 is 9.61. The van der Waals surface area contributed by atoms with Gasteiger partial charge < -0.3 is 33.5 Å². The number of thioether (sulfide) groups is 6. The Morgan fingerprint density at radius 2 is 1.00 bits per heavy atom. The molecule has 0 spiro atoms. The molecule has 9 nitrogen and oxygen atoms in total. The molecule has 0 aliphatic carbocycles. The molecule has 1 unspecified atom stereocenters. The lowest BCUT2D eigenvalue weighted by Crippen LogP contribution is -2.31. The minimum atomic E-state index is -1.19. The van der Waals surface area contributed by atoms with Crippen molar-refractivity contribution < 1.29 is 43.1 Å². The van der Waals surface area contributed by atoms with Crippen LogP contribution in [-0.4, -0.2) is 61.5 Å². The van der Waals surface area contributed by atoms with Gasteiger partial charge in [0.15, 0.2) is 23.0 Å². The molecule has 0 bridgehead atoms. The molecule has 1 N–H and O–H groups in total. The summed E-state index contributed by atoms with van der Waals surface area (Å²) in [7, 11) is 0. The molecule has 4 aliphatic rings. The summed E-state index contributed by atoms with van der Waals surface area (Å²) in [4.78, 5) is 30.6. The normalized spacial score (nSPS) is 20.3. The maximum Gasteiger partial charge on any atom is 0.316 e. The van der Waals surface area contributed by atoms with Crippen LogP contribution in [0, 0.1) is 0 Å². The summed E-state index contributed by atoms with van der Waals surface area (Å²) in [5, 5.41) is 12.8. The molecule has 0 fully saturated rings. The van der Waals surface area contributed by atoms with Gasteiger partial charge >= 0.3 is 11.9 Å². The molecule has 2 aromatic carbocycles. The molecule has 0 radical (unpaired) electrons. The number of ether oxygens (including phenoxy) is 6. The Balaban J connectivity index is 1.56. The van der Waals surface area contributed by atoms with E-state index in [2.05, 4.69) is 27.7 Å². The Labute approximate surface area is 307 Å². The first-order valence-corrected chi connectivity index (χ1v) is 20.8. The van der Waals surface area contributed by atoms with Crippen LogP contribution in [0.2, 0.25) is 0 Å². The van der Waals surface area contributed by atoms with Crippen molar-refractivity contribution in [1.82, 2.24) is 0 Å². The van der Waals surface area contributed by atoms with E-state index in [1.54, 1.807) is 81.7 Å². The third-order valence-electron chi connectivity index (χ3n) is 7.24. The molecule has 6 rings (SSSR count). The summed E-state index contributed by atoms with van der Waals surface area (Å²) in [5.74, 6) is -1.03. The molecule has 262 valence electrons. The highest BCUT2D eigenvalue weighted by Gasteiger charge is 2.50. The topological polar surface area (TPSA) is 110 Å². The highest BCUT2D eigenvalue weighted by Crippen LogP contribution is 2.70. The van der Waals surface area contributed by atoms with Gasteiger partial charge in [0, 0.05) is 57.7 Å². The van der Waals surface area contributed by atoms with Gasteiger partial charge in [-0.25, -0.2) is 0 Å². The largest absolute Gasteiger partial charge is 0.465 e. The minimum absolute atomic E-state index is 0.0278. The Kier molecular flexibility index (Phi) is 9.87. The molecule has 2 aromatic rings. The van der Waals surface area contributed by atoms with E-state index in [-0.39, 0.29) is 38.2 Å². The average Bonchev–Trinajstić information content (AvgIpc) is 3.65. The monoisotopic (exact) mass is 772 g/mol. The highest BCUT2D eigenvalue weighted by molar-refractivity contribution is 8.22. The van der Waals surface area contributed by atoms with Crippen LogP contribution in [0.4, 0.5) is 0 Å². The number of fused-ring (bicyclic) bond motifs is 4. The summed E-state index contributed by atoms with van der Waals surface area (Å²) in [6.07, 6.45) is -1.19. The molecule has 48 heavy (non-hydrogen) atoms. The molecule has 0 aromatic heterocycles. The first-order valence-electron chi connectivity index (χ1n) is 15.6. The van der Waals surface area contributed by atoms with Crippen LogP contribution in [0.15, 0.2) is 29.4 Å². The number of carbonyl (C=O) groups excluding carboxylic acids is 2. The summed E-state index contributed by atoms with van der Waals surface area (Å²) in [6.45, 7) is 20.0. The van der Waals surface area contributed by atoms with Crippen molar-refractivity contribution in [1.29, 1.82) is 0 Å². The fraction of sp³-hybridized carbons (Fsp3) is 0.576. The van der Waals surface area contributed by atoms with Crippen molar-refractivity contribution in [3.05, 3.63) is 11.1 Å². The van der Waals surface area contributed by atoms with Gasteiger partial charge in [0.2, 0.25) is 11.6 Å². The van der Waals surface area contributed by atoms with Crippen molar-refractivity contribution in [2.45, 2.75) is 124 Å². The van der Waals surface area contributed by atoms with E-state index < -0.39 is 17.7 Å². The van der Waals surface area contributed by atoms with E-state index in [9.17, 15) is 14.7 Å². The number of esters is 2. The van der Waals surface area contributed by atoms with E-state index in [4.69, 9.17) is 28.4 Å². The Morgan fingerprint density at radius 1 is 0.625 bits per heavy atom. The van der Waals surface area contributed by atoms with E-state index in [1.807, 2.05) is 6.92 Å². The van der Waals surface area contributed by atoms with Gasteiger partial charge in [-0.3, -0.25) is 9.59 Å². The Morgan fingerprint density at radius 3 is 1.42 bits per heavy atom. The summed E-state index contributed by atoms with van der Waals surface area (Å²) in [6, 6.07) is 0. The molecule has 0 saturated heterocycles. The predicted octanol–water partition coefficient (Wildman–Crippen LogP) is 8.96.